The second kappa shape index (κ2) is 18.6. The van der Waals surface area contributed by atoms with E-state index in [9.17, 15) is 10.5 Å². The molecule has 0 N–H and O–H groups in total. The van der Waals surface area contributed by atoms with Crippen molar-refractivity contribution in [2.75, 3.05) is 9.80 Å². The molecule has 0 aromatic heterocycles. The molecule has 0 fully saturated rings. The maximum atomic E-state index is 17.3. The third-order valence-electron chi connectivity index (χ3n) is 13.8. The number of nitrogens with zero attached hydrogens (tertiary/aromatic N) is 4. The van der Waals surface area contributed by atoms with Gasteiger partial charge in [0.15, 0.2) is 0 Å². The molecule has 0 atom stereocenters. The molecule has 12 rings (SSSR count). The lowest BCUT2D eigenvalue weighted by atomic mass is 9.91. The summed E-state index contributed by atoms with van der Waals surface area (Å²) in [7, 11) is 0. The summed E-state index contributed by atoms with van der Waals surface area (Å²) >= 11 is 0. The maximum absolute atomic E-state index is 17.3. The topological polar surface area (TPSA) is 54.1 Å². The number of halogens is 4. The molecule has 0 bridgehead atoms. The third-order valence-corrected chi connectivity index (χ3v) is 13.8. The van der Waals surface area contributed by atoms with Crippen molar-refractivity contribution in [2.24, 2.45) is 0 Å². The predicted octanol–water partition coefficient (Wildman–Crippen LogP) is 18.5. The fourth-order valence-corrected chi connectivity index (χ4v) is 10.3. The van der Waals surface area contributed by atoms with Gasteiger partial charge >= 0.3 is 0 Å². The highest BCUT2D eigenvalue weighted by Gasteiger charge is 2.27. The van der Waals surface area contributed by atoms with E-state index in [4.69, 9.17) is 0 Å². The number of nitriles is 2. The standard InChI is InChI=1S/C66H38F4N4/c67-57-37-63(59(69)35-55(57)51-17-9-7-15-49(51)43-11-3-1-4-12-43)73(47-27-19-41(39-71)20-28-47)61-33-25-45-24-32-54-62(34-26-46-23-31-53(61)65(45)66(46)54)74(48-29-21-42(40-72)22-30-48)64-38-58(68)56(36-60(64)70)52-18-10-8-16-50(52)44-13-5-2-6-14-44/h1-38H. The van der Waals surface area contributed by atoms with Crippen LogP contribution < -0.4 is 9.80 Å². The maximum Gasteiger partial charge on any atom is 0.148 e. The lowest BCUT2D eigenvalue weighted by Crippen LogP contribution is -2.14. The van der Waals surface area contributed by atoms with E-state index >= 15 is 17.6 Å². The number of anilines is 6. The SMILES string of the molecule is N#Cc1ccc(N(c2cc(F)c(-c3ccccc3-c3ccccc3)cc2F)c2ccc3ccc4c(N(c5ccc(C#N)cc5)c5cc(F)c(-c6ccccc6-c6ccccc6)cc5F)ccc5ccc2c3c54)cc1. The molecule has 0 saturated carbocycles. The minimum atomic E-state index is -0.677. The van der Waals surface area contributed by atoms with Crippen LogP contribution in [-0.2, 0) is 0 Å². The van der Waals surface area contributed by atoms with Gasteiger partial charge in [0.1, 0.15) is 23.3 Å². The summed E-state index contributed by atoms with van der Waals surface area (Å²) in [4.78, 5) is 3.33. The van der Waals surface area contributed by atoms with E-state index in [1.165, 1.54) is 24.3 Å². The van der Waals surface area contributed by atoms with Crippen LogP contribution in [-0.4, -0.2) is 0 Å². The van der Waals surface area contributed by atoms with E-state index in [2.05, 4.69) is 12.1 Å². The smallest absolute Gasteiger partial charge is 0.148 e. The second-order valence-electron chi connectivity index (χ2n) is 18.0. The summed E-state index contributed by atoms with van der Waals surface area (Å²) in [5.41, 5.74) is 7.20. The second-order valence-corrected chi connectivity index (χ2v) is 18.0. The molecule has 0 unspecified atom stereocenters. The van der Waals surface area contributed by atoms with Gasteiger partial charge in [-0.15, -0.1) is 0 Å². The van der Waals surface area contributed by atoms with E-state index in [0.717, 1.165) is 43.8 Å². The fourth-order valence-electron chi connectivity index (χ4n) is 10.3. The largest absolute Gasteiger partial charge is 0.307 e. The summed E-state index contributed by atoms with van der Waals surface area (Å²) in [6, 6.07) is 71.8. The van der Waals surface area contributed by atoms with Gasteiger partial charge in [0.05, 0.1) is 46.0 Å². The summed E-state index contributed by atoms with van der Waals surface area (Å²) in [6.07, 6.45) is 0. The molecule has 350 valence electrons. The molecule has 0 aliphatic heterocycles. The van der Waals surface area contributed by atoms with Crippen molar-refractivity contribution in [1.82, 2.24) is 0 Å². The van der Waals surface area contributed by atoms with Crippen molar-refractivity contribution < 1.29 is 17.6 Å². The summed E-state index contributed by atoms with van der Waals surface area (Å²) in [5, 5.41) is 24.2. The molecule has 0 heterocycles. The van der Waals surface area contributed by atoms with E-state index in [1.54, 1.807) is 82.6 Å². The monoisotopic (exact) mass is 962 g/mol. The van der Waals surface area contributed by atoms with Crippen LogP contribution in [0.1, 0.15) is 11.1 Å². The van der Waals surface area contributed by atoms with Crippen LogP contribution in [0.15, 0.2) is 231 Å². The molecule has 74 heavy (non-hydrogen) atoms. The highest BCUT2D eigenvalue weighted by atomic mass is 19.1. The Kier molecular flexibility index (Phi) is 11.4. The predicted molar refractivity (Wildman–Crippen MR) is 291 cm³/mol. The normalized spacial score (nSPS) is 11.2. The number of benzene rings is 12. The van der Waals surface area contributed by atoms with Gasteiger partial charge in [-0.3, -0.25) is 0 Å². The van der Waals surface area contributed by atoms with Gasteiger partial charge in [0, 0.05) is 45.4 Å². The van der Waals surface area contributed by atoms with Gasteiger partial charge in [0.2, 0.25) is 0 Å². The van der Waals surface area contributed by atoms with Crippen LogP contribution in [0.25, 0.3) is 76.8 Å². The quantitative estimate of drug-likeness (QED) is 0.101. The van der Waals surface area contributed by atoms with Crippen molar-refractivity contribution in [2.45, 2.75) is 0 Å². The van der Waals surface area contributed by atoms with E-state index in [1.807, 2.05) is 133 Å². The highest BCUT2D eigenvalue weighted by Crippen LogP contribution is 2.50. The van der Waals surface area contributed by atoms with Crippen LogP contribution in [0.5, 0.6) is 0 Å². The molecule has 12 aromatic rings. The Balaban J connectivity index is 1.05. The van der Waals surface area contributed by atoms with Crippen LogP contribution >= 0.6 is 0 Å². The Morgan fingerprint density at radius 2 is 0.649 bits per heavy atom. The van der Waals surface area contributed by atoms with Crippen molar-refractivity contribution >= 4 is 66.4 Å². The Morgan fingerprint density at radius 3 is 1.03 bits per heavy atom. The first-order valence-electron chi connectivity index (χ1n) is 23.9. The Bertz CT molecular complexity index is 3930. The van der Waals surface area contributed by atoms with Crippen LogP contribution in [0, 0.1) is 45.9 Å². The zero-order valence-electron chi connectivity index (χ0n) is 39.2. The lowest BCUT2D eigenvalue weighted by Gasteiger charge is -2.30. The molecule has 0 radical (unpaired) electrons. The van der Waals surface area contributed by atoms with Crippen LogP contribution in [0.2, 0.25) is 0 Å². The molecule has 0 amide bonds. The minimum Gasteiger partial charge on any atom is -0.307 e. The molecule has 4 nitrogen and oxygen atoms in total. The number of rotatable bonds is 10. The average Bonchev–Trinajstić information content (AvgIpc) is 3.46. The Hall–Kier alpha value is -10.0. The van der Waals surface area contributed by atoms with Crippen LogP contribution in [0.4, 0.5) is 51.7 Å². The third kappa shape index (κ3) is 7.79. The van der Waals surface area contributed by atoms with Crippen molar-refractivity contribution in [1.29, 1.82) is 10.5 Å². The average molecular weight is 963 g/mol. The van der Waals surface area contributed by atoms with E-state index in [0.29, 0.717) is 55.8 Å². The summed E-state index contributed by atoms with van der Waals surface area (Å²) < 4.78 is 68.4. The molecule has 0 aliphatic carbocycles. The minimum absolute atomic E-state index is 0.0526. The zero-order valence-corrected chi connectivity index (χ0v) is 39.2. The van der Waals surface area contributed by atoms with Gasteiger partial charge in [-0.05, 0) is 128 Å². The van der Waals surface area contributed by atoms with Gasteiger partial charge in [-0.2, -0.15) is 10.5 Å². The first-order valence-corrected chi connectivity index (χ1v) is 23.9. The van der Waals surface area contributed by atoms with Crippen molar-refractivity contribution in [3.63, 3.8) is 0 Å². The number of hydrogen-bond donors (Lipinski definition) is 0. The molecule has 0 spiro atoms. The van der Waals surface area contributed by atoms with E-state index in [-0.39, 0.29) is 22.5 Å². The Morgan fingerprint density at radius 1 is 0.297 bits per heavy atom. The zero-order chi connectivity index (χ0) is 50.5. The van der Waals surface area contributed by atoms with Gasteiger partial charge < -0.3 is 9.80 Å². The van der Waals surface area contributed by atoms with E-state index < -0.39 is 23.3 Å². The summed E-state index contributed by atoms with van der Waals surface area (Å²) in [5.74, 6) is -2.62. The highest BCUT2D eigenvalue weighted by molar-refractivity contribution is 6.28. The molecular formula is C66H38F4N4. The molecular weight excluding hydrogens is 925 g/mol. The van der Waals surface area contributed by atoms with Crippen molar-refractivity contribution in [3.8, 4) is 56.6 Å². The first-order chi connectivity index (χ1) is 36.3. The molecule has 0 saturated heterocycles. The first kappa shape index (κ1) is 45.1. The molecule has 8 heteroatoms. The molecule has 0 aliphatic rings. The van der Waals surface area contributed by atoms with Gasteiger partial charge in [-0.25, -0.2) is 17.6 Å². The lowest BCUT2D eigenvalue weighted by molar-refractivity contribution is 0.604. The molecule has 12 aromatic carbocycles. The van der Waals surface area contributed by atoms with Gasteiger partial charge in [0.25, 0.3) is 0 Å². The van der Waals surface area contributed by atoms with Crippen molar-refractivity contribution in [3.05, 3.63) is 265 Å². The Labute approximate surface area is 424 Å². The van der Waals surface area contributed by atoms with Crippen LogP contribution in [0.3, 0.4) is 0 Å². The van der Waals surface area contributed by atoms with Gasteiger partial charge in [-0.1, -0.05) is 146 Å². The summed E-state index contributed by atoms with van der Waals surface area (Å²) in [6.45, 7) is 0. The number of hydrogen-bond acceptors (Lipinski definition) is 4. The fraction of sp³-hybridized carbons (Fsp3) is 0.